The number of aromatic nitrogens is 5. The second-order valence-corrected chi connectivity index (χ2v) is 7.54. The summed E-state index contributed by atoms with van der Waals surface area (Å²) in [5, 5.41) is 21.0. The Morgan fingerprint density at radius 2 is 1.90 bits per heavy atom. The molecule has 0 atom stereocenters. The molecule has 160 valence electrons. The monoisotopic (exact) mass is 420 g/mol. The minimum absolute atomic E-state index is 0.0330. The molecule has 0 saturated heterocycles. The molecule has 3 N–H and O–H groups in total. The number of carbonyl (C=O) groups is 2. The van der Waals surface area contributed by atoms with Crippen LogP contribution in [0.1, 0.15) is 34.7 Å². The standard InChI is InChI=1S/C21H24N8O2/c1-11-14(19-23-12(2)28-29(19)4)6-5-7-15(11)24-16-10-17(25-20(30)13-8-9-13)26-27-18(16)21(31)22-3/h5-7,10,13H,8-9H2,1-4H3,(H,22,31)(H2,24,25,26,30). The predicted molar refractivity (Wildman–Crippen MR) is 116 cm³/mol. The zero-order chi connectivity index (χ0) is 22.1. The van der Waals surface area contributed by atoms with E-state index in [2.05, 4.69) is 36.2 Å². The van der Waals surface area contributed by atoms with Crippen LogP contribution in [0.5, 0.6) is 0 Å². The maximum atomic E-state index is 12.3. The molecule has 0 aliphatic heterocycles. The lowest BCUT2D eigenvalue weighted by Gasteiger charge is -2.15. The molecule has 1 aromatic carbocycles. The van der Waals surface area contributed by atoms with Gasteiger partial charge in [0, 0.05) is 37.3 Å². The summed E-state index contributed by atoms with van der Waals surface area (Å²) in [7, 11) is 3.37. The average molecular weight is 420 g/mol. The Morgan fingerprint density at radius 1 is 1.13 bits per heavy atom. The van der Waals surface area contributed by atoms with Crippen LogP contribution in [0, 0.1) is 19.8 Å². The summed E-state index contributed by atoms with van der Waals surface area (Å²) in [4.78, 5) is 29.0. The highest BCUT2D eigenvalue weighted by atomic mass is 16.2. The van der Waals surface area contributed by atoms with E-state index in [1.54, 1.807) is 10.7 Å². The van der Waals surface area contributed by atoms with Crippen molar-refractivity contribution in [2.24, 2.45) is 13.0 Å². The van der Waals surface area contributed by atoms with Gasteiger partial charge in [0.15, 0.2) is 17.3 Å². The van der Waals surface area contributed by atoms with E-state index in [0.717, 1.165) is 35.5 Å². The molecular formula is C21H24N8O2. The summed E-state index contributed by atoms with van der Waals surface area (Å²) in [6.45, 7) is 3.81. The number of anilines is 3. The van der Waals surface area contributed by atoms with Crippen LogP contribution in [0.4, 0.5) is 17.2 Å². The van der Waals surface area contributed by atoms with Crippen molar-refractivity contribution in [1.29, 1.82) is 0 Å². The maximum Gasteiger partial charge on any atom is 0.273 e. The van der Waals surface area contributed by atoms with E-state index in [1.807, 2.05) is 39.1 Å². The number of nitrogens with zero attached hydrogens (tertiary/aromatic N) is 5. The van der Waals surface area contributed by atoms with Crippen molar-refractivity contribution >= 4 is 29.0 Å². The number of amides is 2. The maximum absolute atomic E-state index is 12.3. The van der Waals surface area contributed by atoms with Crippen molar-refractivity contribution in [1.82, 2.24) is 30.3 Å². The van der Waals surface area contributed by atoms with Crippen LogP contribution in [0.2, 0.25) is 0 Å². The number of hydrogen-bond acceptors (Lipinski definition) is 7. The Balaban J connectivity index is 1.70. The topological polar surface area (TPSA) is 127 Å². The third-order valence-electron chi connectivity index (χ3n) is 5.15. The zero-order valence-corrected chi connectivity index (χ0v) is 17.9. The second-order valence-electron chi connectivity index (χ2n) is 7.54. The van der Waals surface area contributed by atoms with E-state index < -0.39 is 0 Å². The Labute approximate surface area is 179 Å². The highest BCUT2D eigenvalue weighted by Gasteiger charge is 2.30. The lowest BCUT2D eigenvalue weighted by atomic mass is 10.1. The first-order valence-corrected chi connectivity index (χ1v) is 10.0. The van der Waals surface area contributed by atoms with Crippen molar-refractivity contribution in [3.8, 4) is 11.4 Å². The van der Waals surface area contributed by atoms with Crippen molar-refractivity contribution < 1.29 is 9.59 Å². The fourth-order valence-electron chi connectivity index (χ4n) is 3.31. The minimum atomic E-state index is -0.382. The molecule has 10 heteroatoms. The molecule has 1 saturated carbocycles. The van der Waals surface area contributed by atoms with Gasteiger partial charge in [0.1, 0.15) is 5.82 Å². The lowest BCUT2D eigenvalue weighted by Crippen LogP contribution is -2.22. The van der Waals surface area contributed by atoms with Crippen LogP contribution in [-0.4, -0.2) is 43.8 Å². The van der Waals surface area contributed by atoms with Crippen LogP contribution in [0.3, 0.4) is 0 Å². The van der Waals surface area contributed by atoms with E-state index in [-0.39, 0.29) is 23.4 Å². The van der Waals surface area contributed by atoms with Gasteiger partial charge in [-0.25, -0.2) is 9.67 Å². The zero-order valence-electron chi connectivity index (χ0n) is 17.9. The molecule has 0 radical (unpaired) electrons. The average Bonchev–Trinajstić information content (AvgIpc) is 3.54. The number of nitrogens with one attached hydrogen (secondary N) is 3. The van der Waals surface area contributed by atoms with E-state index in [9.17, 15) is 9.59 Å². The van der Waals surface area contributed by atoms with Crippen molar-refractivity contribution in [2.75, 3.05) is 17.7 Å². The number of carbonyl (C=O) groups excluding carboxylic acids is 2. The molecule has 31 heavy (non-hydrogen) atoms. The summed E-state index contributed by atoms with van der Waals surface area (Å²) >= 11 is 0. The summed E-state index contributed by atoms with van der Waals surface area (Å²) in [6, 6.07) is 7.39. The lowest BCUT2D eigenvalue weighted by molar-refractivity contribution is -0.117. The molecule has 2 amide bonds. The Bertz CT molecular complexity index is 1170. The Hall–Kier alpha value is -3.82. The molecular weight excluding hydrogens is 396 g/mol. The number of benzene rings is 1. The van der Waals surface area contributed by atoms with Gasteiger partial charge in [0.2, 0.25) is 5.91 Å². The van der Waals surface area contributed by atoms with Crippen molar-refractivity contribution in [2.45, 2.75) is 26.7 Å². The van der Waals surface area contributed by atoms with Crippen LogP contribution in [0.25, 0.3) is 11.4 Å². The Morgan fingerprint density at radius 3 is 2.55 bits per heavy atom. The van der Waals surface area contributed by atoms with Gasteiger partial charge in [-0.2, -0.15) is 5.10 Å². The summed E-state index contributed by atoms with van der Waals surface area (Å²) < 4.78 is 1.73. The van der Waals surface area contributed by atoms with E-state index in [4.69, 9.17) is 0 Å². The van der Waals surface area contributed by atoms with Crippen LogP contribution >= 0.6 is 0 Å². The largest absolute Gasteiger partial charge is 0.354 e. The number of rotatable bonds is 6. The molecule has 0 unspecified atom stereocenters. The fraction of sp³-hybridized carbons (Fsp3) is 0.333. The number of hydrogen-bond donors (Lipinski definition) is 3. The van der Waals surface area contributed by atoms with Gasteiger partial charge in [-0.1, -0.05) is 12.1 Å². The molecule has 1 aliphatic rings. The summed E-state index contributed by atoms with van der Waals surface area (Å²) in [5.74, 6) is 1.30. The third-order valence-corrected chi connectivity index (χ3v) is 5.15. The van der Waals surface area contributed by atoms with Crippen molar-refractivity contribution in [3.63, 3.8) is 0 Å². The normalized spacial score (nSPS) is 13.0. The van der Waals surface area contributed by atoms with Crippen LogP contribution in [-0.2, 0) is 11.8 Å². The van der Waals surface area contributed by atoms with Gasteiger partial charge >= 0.3 is 0 Å². The molecule has 2 heterocycles. The molecule has 0 spiro atoms. The Kier molecular flexibility index (Phi) is 5.37. The first-order valence-electron chi connectivity index (χ1n) is 10.0. The predicted octanol–water partition coefficient (Wildman–Crippen LogP) is 2.34. The molecule has 1 fully saturated rings. The van der Waals surface area contributed by atoms with Gasteiger partial charge in [-0.3, -0.25) is 9.59 Å². The molecule has 2 aromatic heterocycles. The third kappa shape index (κ3) is 4.23. The quantitative estimate of drug-likeness (QED) is 0.559. The fourth-order valence-corrected chi connectivity index (χ4v) is 3.31. The minimum Gasteiger partial charge on any atom is -0.354 e. The van der Waals surface area contributed by atoms with Crippen molar-refractivity contribution in [3.05, 3.63) is 41.3 Å². The van der Waals surface area contributed by atoms with Crippen LogP contribution < -0.4 is 16.0 Å². The summed E-state index contributed by atoms with van der Waals surface area (Å²) in [5.41, 5.74) is 3.19. The van der Waals surface area contributed by atoms with Crippen LogP contribution in [0.15, 0.2) is 24.3 Å². The van der Waals surface area contributed by atoms with E-state index in [0.29, 0.717) is 17.3 Å². The number of aryl methyl sites for hydroxylation is 2. The highest BCUT2D eigenvalue weighted by molar-refractivity contribution is 5.99. The SMILES string of the molecule is CNC(=O)c1nnc(NC(=O)C2CC2)cc1Nc1cccc(-c2nc(C)nn2C)c1C. The highest BCUT2D eigenvalue weighted by Crippen LogP contribution is 2.32. The second kappa shape index (κ2) is 8.13. The van der Waals surface area contributed by atoms with E-state index in [1.165, 1.54) is 7.05 Å². The smallest absolute Gasteiger partial charge is 0.273 e. The van der Waals surface area contributed by atoms with Gasteiger partial charge < -0.3 is 16.0 Å². The first kappa shape index (κ1) is 20.5. The van der Waals surface area contributed by atoms with E-state index >= 15 is 0 Å². The van der Waals surface area contributed by atoms with Gasteiger partial charge in [-0.15, -0.1) is 10.2 Å². The first-order chi connectivity index (χ1) is 14.9. The molecule has 0 bridgehead atoms. The molecule has 10 nitrogen and oxygen atoms in total. The molecule has 1 aliphatic carbocycles. The molecule has 3 aromatic rings. The molecule has 4 rings (SSSR count). The van der Waals surface area contributed by atoms with Gasteiger partial charge in [0.25, 0.3) is 5.91 Å². The van der Waals surface area contributed by atoms with Gasteiger partial charge in [-0.05, 0) is 38.3 Å². The summed E-state index contributed by atoms with van der Waals surface area (Å²) in [6.07, 6.45) is 1.77. The van der Waals surface area contributed by atoms with Gasteiger partial charge in [0.05, 0.1) is 5.69 Å².